The summed E-state index contributed by atoms with van der Waals surface area (Å²) in [4.78, 5) is 25.8. The molecule has 0 saturated carbocycles. The lowest BCUT2D eigenvalue weighted by atomic mass is 10.0. The average molecular weight is 439 g/mol. The molecule has 5 heteroatoms. The van der Waals surface area contributed by atoms with Crippen LogP contribution in [0, 0.1) is 0 Å². The molecule has 1 atom stereocenters. The smallest absolute Gasteiger partial charge is 0.251 e. The maximum atomic E-state index is 13.1. The van der Waals surface area contributed by atoms with Gasteiger partial charge >= 0.3 is 0 Å². The third kappa shape index (κ3) is 5.77. The molecule has 5 nitrogen and oxygen atoms in total. The Labute approximate surface area is 193 Å². The molecule has 0 aliphatic carbocycles. The van der Waals surface area contributed by atoms with E-state index in [9.17, 15) is 9.59 Å². The predicted molar refractivity (Wildman–Crippen MR) is 130 cm³/mol. The predicted octanol–water partition coefficient (Wildman–Crippen LogP) is 4.51. The first-order chi connectivity index (χ1) is 16.1. The van der Waals surface area contributed by atoms with Crippen molar-refractivity contribution in [1.29, 1.82) is 0 Å². The Balaban J connectivity index is 1.47. The topological polar surface area (TPSA) is 67.4 Å². The molecule has 33 heavy (non-hydrogen) atoms. The van der Waals surface area contributed by atoms with Gasteiger partial charge < -0.3 is 15.4 Å². The summed E-state index contributed by atoms with van der Waals surface area (Å²) in [6.07, 6.45) is 0.406. The fourth-order valence-corrected chi connectivity index (χ4v) is 3.71. The van der Waals surface area contributed by atoms with Crippen molar-refractivity contribution >= 4 is 22.6 Å². The summed E-state index contributed by atoms with van der Waals surface area (Å²) in [5.41, 5.74) is 2.48. The van der Waals surface area contributed by atoms with Gasteiger partial charge in [0.25, 0.3) is 5.91 Å². The van der Waals surface area contributed by atoms with Crippen LogP contribution in [-0.4, -0.2) is 25.0 Å². The van der Waals surface area contributed by atoms with Crippen molar-refractivity contribution in [3.8, 4) is 5.75 Å². The van der Waals surface area contributed by atoms with Crippen LogP contribution in [0.3, 0.4) is 0 Å². The van der Waals surface area contributed by atoms with E-state index in [4.69, 9.17) is 4.74 Å². The summed E-state index contributed by atoms with van der Waals surface area (Å²) in [6, 6.07) is 29.8. The standard InChI is InChI=1S/C28H26N2O3/c1-33-25-15-14-23-16-21(12-13-24(23)18-25)19-29-28(32)26(17-20-8-4-2-5-9-20)30-27(31)22-10-6-3-7-11-22/h2-16,18,26H,17,19H2,1H3,(H,29,32)(H,30,31). The Hall–Kier alpha value is -4.12. The fraction of sp³-hybridized carbons (Fsp3) is 0.143. The highest BCUT2D eigenvalue weighted by atomic mass is 16.5. The SMILES string of the molecule is COc1ccc2cc(CNC(=O)C(Cc3ccccc3)NC(=O)c3ccccc3)ccc2c1. The third-order valence-corrected chi connectivity index (χ3v) is 5.52. The first-order valence-electron chi connectivity index (χ1n) is 10.9. The second kappa shape index (κ2) is 10.5. The van der Waals surface area contributed by atoms with E-state index in [1.165, 1.54) is 0 Å². The van der Waals surface area contributed by atoms with Crippen molar-refractivity contribution in [1.82, 2.24) is 10.6 Å². The van der Waals surface area contributed by atoms with E-state index < -0.39 is 6.04 Å². The zero-order valence-corrected chi connectivity index (χ0v) is 18.5. The minimum Gasteiger partial charge on any atom is -0.497 e. The minimum absolute atomic E-state index is 0.224. The number of amides is 2. The van der Waals surface area contributed by atoms with Gasteiger partial charge in [-0.1, -0.05) is 66.7 Å². The van der Waals surface area contributed by atoms with Crippen LogP contribution in [0.1, 0.15) is 21.5 Å². The van der Waals surface area contributed by atoms with Crippen LogP contribution in [0.25, 0.3) is 10.8 Å². The van der Waals surface area contributed by atoms with E-state index in [1.54, 1.807) is 31.4 Å². The molecule has 1 unspecified atom stereocenters. The highest BCUT2D eigenvalue weighted by Crippen LogP contribution is 2.22. The van der Waals surface area contributed by atoms with Gasteiger partial charge in [0, 0.05) is 18.5 Å². The number of fused-ring (bicyclic) bond motifs is 1. The lowest BCUT2D eigenvalue weighted by Crippen LogP contribution is -2.47. The molecule has 0 aliphatic rings. The van der Waals surface area contributed by atoms with Crippen LogP contribution in [-0.2, 0) is 17.8 Å². The summed E-state index contributed by atoms with van der Waals surface area (Å²) in [7, 11) is 1.65. The molecule has 0 heterocycles. The van der Waals surface area contributed by atoms with Crippen molar-refractivity contribution in [3.63, 3.8) is 0 Å². The van der Waals surface area contributed by atoms with Crippen LogP contribution in [0.5, 0.6) is 5.75 Å². The van der Waals surface area contributed by atoms with Crippen molar-refractivity contribution in [2.45, 2.75) is 19.0 Å². The zero-order valence-electron chi connectivity index (χ0n) is 18.5. The Morgan fingerprint density at radius 2 is 1.45 bits per heavy atom. The summed E-state index contributed by atoms with van der Waals surface area (Å²) in [6.45, 7) is 0.368. The normalized spacial score (nSPS) is 11.5. The molecule has 0 saturated heterocycles. The van der Waals surface area contributed by atoms with E-state index in [0.717, 1.165) is 27.6 Å². The highest BCUT2D eigenvalue weighted by molar-refractivity contribution is 5.97. The second-order valence-electron chi connectivity index (χ2n) is 7.85. The van der Waals surface area contributed by atoms with Gasteiger partial charge in [-0.25, -0.2) is 0 Å². The summed E-state index contributed by atoms with van der Waals surface area (Å²) >= 11 is 0. The Kier molecular flexibility index (Phi) is 7.00. The molecule has 0 fully saturated rings. The van der Waals surface area contributed by atoms with E-state index in [0.29, 0.717) is 18.5 Å². The molecular weight excluding hydrogens is 412 g/mol. The van der Waals surface area contributed by atoms with Crippen molar-refractivity contribution in [3.05, 3.63) is 114 Å². The largest absolute Gasteiger partial charge is 0.497 e. The molecule has 2 amide bonds. The van der Waals surface area contributed by atoms with Crippen LogP contribution >= 0.6 is 0 Å². The molecule has 166 valence electrons. The van der Waals surface area contributed by atoms with Gasteiger partial charge in [-0.3, -0.25) is 9.59 Å². The number of rotatable bonds is 8. The Bertz CT molecular complexity index is 1240. The molecular formula is C28H26N2O3. The van der Waals surface area contributed by atoms with Crippen LogP contribution in [0.2, 0.25) is 0 Å². The van der Waals surface area contributed by atoms with E-state index >= 15 is 0 Å². The highest BCUT2D eigenvalue weighted by Gasteiger charge is 2.21. The molecule has 0 radical (unpaired) electrons. The summed E-state index contributed by atoms with van der Waals surface area (Å²) in [5, 5.41) is 8.02. The number of hydrogen-bond acceptors (Lipinski definition) is 3. The van der Waals surface area contributed by atoms with Crippen molar-refractivity contribution in [2.75, 3.05) is 7.11 Å². The number of benzene rings is 4. The number of methoxy groups -OCH3 is 1. The number of carbonyl (C=O) groups excluding carboxylic acids is 2. The third-order valence-electron chi connectivity index (χ3n) is 5.52. The van der Waals surface area contributed by atoms with Crippen molar-refractivity contribution < 1.29 is 14.3 Å². The van der Waals surface area contributed by atoms with Gasteiger partial charge in [-0.2, -0.15) is 0 Å². The Morgan fingerprint density at radius 3 is 2.18 bits per heavy atom. The minimum atomic E-state index is -0.690. The maximum absolute atomic E-state index is 13.1. The molecule has 2 N–H and O–H groups in total. The first-order valence-corrected chi connectivity index (χ1v) is 10.9. The van der Waals surface area contributed by atoms with Gasteiger partial charge in [0.05, 0.1) is 7.11 Å². The molecule has 0 bridgehead atoms. The lowest BCUT2D eigenvalue weighted by Gasteiger charge is -2.19. The van der Waals surface area contributed by atoms with Crippen LogP contribution in [0.15, 0.2) is 97.1 Å². The lowest BCUT2D eigenvalue weighted by molar-refractivity contribution is -0.123. The number of nitrogens with one attached hydrogen (secondary N) is 2. The van der Waals surface area contributed by atoms with E-state index in [2.05, 4.69) is 10.6 Å². The molecule has 4 aromatic rings. The molecule has 0 aliphatic heterocycles. The van der Waals surface area contributed by atoms with Crippen LogP contribution in [0.4, 0.5) is 0 Å². The van der Waals surface area contributed by atoms with Gasteiger partial charge in [0.1, 0.15) is 11.8 Å². The van der Waals surface area contributed by atoms with E-state index in [1.807, 2.05) is 72.8 Å². The maximum Gasteiger partial charge on any atom is 0.251 e. The number of ether oxygens (including phenoxy) is 1. The van der Waals surface area contributed by atoms with Crippen molar-refractivity contribution in [2.24, 2.45) is 0 Å². The average Bonchev–Trinajstić information content (AvgIpc) is 2.87. The molecule has 0 spiro atoms. The van der Waals surface area contributed by atoms with Gasteiger partial charge in [0.2, 0.25) is 5.91 Å². The number of carbonyl (C=O) groups is 2. The van der Waals surface area contributed by atoms with Gasteiger partial charge in [-0.15, -0.1) is 0 Å². The Morgan fingerprint density at radius 1 is 0.788 bits per heavy atom. The second-order valence-corrected chi connectivity index (χ2v) is 7.85. The fourth-order valence-electron chi connectivity index (χ4n) is 3.71. The number of hydrogen-bond donors (Lipinski definition) is 2. The quantitative estimate of drug-likeness (QED) is 0.426. The monoisotopic (exact) mass is 438 g/mol. The van der Waals surface area contributed by atoms with Crippen LogP contribution < -0.4 is 15.4 Å². The summed E-state index contributed by atoms with van der Waals surface area (Å²) in [5.74, 6) is 0.311. The summed E-state index contributed by atoms with van der Waals surface area (Å²) < 4.78 is 5.28. The van der Waals surface area contributed by atoms with Gasteiger partial charge in [-0.05, 0) is 52.2 Å². The molecule has 4 rings (SSSR count). The first kappa shape index (κ1) is 22.1. The van der Waals surface area contributed by atoms with E-state index in [-0.39, 0.29) is 11.8 Å². The molecule has 4 aromatic carbocycles. The zero-order chi connectivity index (χ0) is 23.0. The molecule has 0 aromatic heterocycles. The van der Waals surface area contributed by atoms with Gasteiger partial charge in [0.15, 0.2) is 0 Å².